The second kappa shape index (κ2) is 4.42. The first-order valence-electron chi connectivity index (χ1n) is 4.90. The van der Waals surface area contributed by atoms with Crippen molar-refractivity contribution in [1.82, 2.24) is 4.57 Å². The van der Waals surface area contributed by atoms with E-state index in [1.54, 1.807) is 41.9 Å². The molecule has 2 rings (SSSR count). The lowest BCUT2D eigenvalue weighted by atomic mass is 10.1. The van der Waals surface area contributed by atoms with Gasteiger partial charge < -0.3 is 9.30 Å². The van der Waals surface area contributed by atoms with Crippen LogP contribution in [0.2, 0.25) is 0 Å². The summed E-state index contributed by atoms with van der Waals surface area (Å²) < 4.78 is 7.24. The molecule has 1 aromatic heterocycles. The molecule has 0 aliphatic heterocycles. The van der Waals surface area contributed by atoms with Crippen molar-refractivity contribution in [2.75, 3.05) is 0 Å². The van der Waals surface area contributed by atoms with Crippen LogP contribution in [0.3, 0.4) is 0 Å². The molecule has 0 aliphatic carbocycles. The Hall–Kier alpha value is -2.72. The van der Waals surface area contributed by atoms with Gasteiger partial charge in [0, 0.05) is 13.1 Å². The highest BCUT2D eigenvalue weighted by molar-refractivity contribution is 5.54. The second-order valence-electron chi connectivity index (χ2n) is 3.36. The van der Waals surface area contributed by atoms with E-state index in [4.69, 9.17) is 15.3 Å². The molecule has 0 saturated heterocycles. The third-order valence-corrected chi connectivity index (χ3v) is 2.30. The first kappa shape index (κ1) is 10.8. The minimum atomic E-state index is 0.246. The Morgan fingerprint density at radius 1 is 1.24 bits per heavy atom. The summed E-state index contributed by atoms with van der Waals surface area (Å²) in [5.41, 5.74) is 0.555. The molecule has 0 fully saturated rings. The van der Waals surface area contributed by atoms with Crippen LogP contribution in [0.15, 0.2) is 30.3 Å². The smallest absolute Gasteiger partial charge is 0.200 e. The van der Waals surface area contributed by atoms with E-state index in [0.717, 1.165) is 0 Å². The monoisotopic (exact) mass is 222 g/mol. The maximum Gasteiger partial charge on any atom is 0.200 e. The van der Waals surface area contributed by atoms with Crippen LogP contribution < -0.4 is 4.74 Å². The maximum absolute atomic E-state index is 9.03. The van der Waals surface area contributed by atoms with Gasteiger partial charge in [0.15, 0.2) is 5.88 Å². The predicted molar refractivity (Wildman–Crippen MR) is 60.2 cm³/mol. The van der Waals surface area contributed by atoms with E-state index in [9.17, 15) is 0 Å². The van der Waals surface area contributed by atoms with Crippen LogP contribution in [0, 0.1) is 28.9 Å². The van der Waals surface area contributed by atoms with Gasteiger partial charge in [-0.3, -0.25) is 0 Å². The van der Waals surface area contributed by atoms with Crippen molar-refractivity contribution in [2.24, 2.45) is 7.05 Å². The molecule has 0 unspecified atom stereocenters. The van der Waals surface area contributed by atoms with E-state index in [1.165, 1.54) is 0 Å². The number of nitriles is 2. The zero-order chi connectivity index (χ0) is 12.3. The van der Waals surface area contributed by atoms with E-state index in [2.05, 4.69) is 6.20 Å². The number of hydrogen-bond donors (Lipinski definition) is 0. The van der Waals surface area contributed by atoms with Gasteiger partial charge >= 0.3 is 0 Å². The van der Waals surface area contributed by atoms with Gasteiger partial charge in [-0.25, -0.2) is 0 Å². The number of nitrogens with zero attached hydrogens (tertiary/aromatic N) is 3. The lowest BCUT2D eigenvalue weighted by Gasteiger charge is -2.08. The van der Waals surface area contributed by atoms with Crippen molar-refractivity contribution < 1.29 is 4.74 Å². The van der Waals surface area contributed by atoms with Crippen LogP contribution in [0.4, 0.5) is 0 Å². The first-order chi connectivity index (χ1) is 8.26. The highest BCUT2D eigenvalue weighted by Gasteiger charge is 2.10. The Labute approximate surface area is 98.9 Å². The summed E-state index contributed by atoms with van der Waals surface area (Å²) in [5, 5.41) is 17.9. The van der Waals surface area contributed by atoms with Crippen molar-refractivity contribution in [3.8, 4) is 23.8 Å². The Kier molecular flexibility index (Phi) is 2.81. The molecule has 0 N–H and O–H groups in total. The Morgan fingerprint density at radius 3 is 2.65 bits per heavy atom. The van der Waals surface area contributed by atoms with E-state index < -0.39 is 0 Å². The summed E-state index contributed by atoms with van der Waals surface area (Å²) >= 11 is 0. The highest BCUT2D eigenvalue weighted by Crippen LogP contribution is 2.26. The minimum absolute atomic E-state index is 0.246. The highest BCUT2D eigenvalue weighted by atomic mass is 16.5. The van der Waals surface area contributed by atoms with Gasteiger partial charge in [-0.2, -0.15) is 10.5 Å². The molecule has 4 heteroatoms. The molecule has 0 aliphatic rings. The van der Waals surface area contributed by atoms with Crippen LogP contribution in [0.1, 0.15) is 11.1 Å². The number of ether oxygens (including phenoxy) is 1. The van der Waals surface area contributed by atoms with Crippen LogP contribution in [0.25, 0.3) is 0 Å². The third-order valence-electron chi connectivity index (χ3n) is 2.30. The van der Waals surface area contributed by atoms with E-state index in [-0.39, 0.29) is 5.56 Å². The first-order valence-corrected chi connectivity index (χ1v) is 4.90. The second-order valence-corrected chi connectivity index (χ2v) is 3.36. The average molecular weight is 222 g/mol. The fourth-order valence-electron chi connectivity index (χ4n) is 1.44. The van der Waals surface area contributed by atoms with E-state index in [1.807, 2.05) is 12.1 Å². The molecular weight excluding hydrogens is 214 g/mol. The molecule has 0 saturated carbocycles. The molecule has 1 aromatic carbocycles. The van der Waals surface area contributed by atoms with E-state index >= 15 is 0 Å². The molecule has 0 amide bonds. The number of hydrogen-bond acceptors (Lipinski definition) is 3. The van der Waals surface area contributed by atoms with Gasteiger partial charge in [0.25, 0.3) is 0 Å². The zero-order valence-electron chi connectivity index (χ0n) is 9.14. The van der Waals surface area contributed by atoms with Gasteiger partial charge in [-0.05, 0) is 18.2 Å². The zero-order valence-corrected chi connectivity index (χ0v) is 9.14. The molecule has 2 aromatic rings. The van der Waals surface area contributed by atoms with Gasteiger partial charge in [0.1, 0.15) is 23.5 Å². The van der Waals surface area contributed by atoms with Crippen LogP contribution >= 0.6 is 0 Å². The summed E-state index contributed by atoms with van der Waals surface area (Å²) in [6.07, 6.45) is 2.90. The molecule has 1 radical (unpaired) electrons. The lowest BCUT2D eigenvalue weighted by molar-refractivity contribution is 0.441. The quantitative estimate of drug-likeness (QED) is 0.783. The standard InChI is InChI=1S/C13H8N3O/c1-16-7-3-6-13(16)17-12-5-2-4-10(8-14)11(12)9-15/h2-6H,1H3. The molecule has 81 valence electrons. The SMILES string of the molecule is Cn1[c]ccc1Oc1cccc(C#N)c1C#N. The fraction of sp³-hybridized carbons (Fsp3) is 0.0769. The van der Waals surface area contributed by atoms with Gasteiger partial charge in [-0.15, -0.1) is 0 Å². The Morgan fingerprint density at radius 2 is 2.06 bits per heavy atom. The number of aryl methyl sites for hydroxylation is 1. The number of benzene rings is 1. The number of aromatic nitrogens is 1. The molecule has 0 spiro atoms. The summed E-state index contributed by atoms with van der Waals surface area (Å²) in [6.45, 7) is 0. The fourth-order valence-corrected chi connectivity index (χ4v) is 1.44. The van der Waals surface area contributed by atoms with Crippen LogP contribution in [-0.2, 0) is 7.05 Å². The molecule has 4 nitrogen and oxygen atoms in total. The van der Waals surface area contributed by atoms with Crippen LogP contribution in [-0.4, -0.2) is 4.57 Å². The third kappa shape index (κ3) is 1.97. The van der Waals surface area contributed by atoms with Crippen LogP contribution in [0.5, 0.6) is 11.6 Å². The van der Waals surface area contributed by atoms with Crippen molar-refractivity contribution in [3.63, 3.8) is 0 Å². The minimum Gasteiger partial charge on any atom is -0.439 e. The normalized spacial score (nSPS) is 9.35. The van der Waals surface area contributed by atoms with Gasteiger partial charge in [0.2, 0.25) is 0 Å². The summed E-state index contributed by atoms with van der Waals surface area (Å²) in [6, 6.07) is 12.3. The summed E-state index contributed by atoms with van der Waals surface area (Å²) in [7, 11) is 1.79. The molecule has 0 bridgehead atoms. The van der Waals surface area contributed by atoms with E-state index in [0.29, 0.717) is 17.2 Å². The summed E-state index contributed by atoms with van der Waals surface area (Å²) in [5.74, 6) is 0.943. The molecular formula is C13H8N3O. The van der Waals surface area contributed by atoms with Crippen molar-refractivity contribution in [3.05, 3.63) is 47.7 Å². The largest absolute Gasteiger partial charge is 0.439 e. The van der Waals surface area contributed by atoms with Crippen molar-refractivity contribution in [2.45, 2.75) is 0 Å². The summed E-state index contributed by atoms with van der Waals surface area (Å²) in [4.78, 5) is 0. The average Bonchev–Trinajstić information content (AvgIpc) is 2.74. The molecule has 17 heavy (non-hydrogen) atoms. The Bertz CT molecular complexity index is 629. The molecule has 0 atom stereocenters. The topological polar surface area (TPSA) is 61.7 Å². The van der Waals surface area contributed by atoms with Gasteiger partial charge in [-0.1, -0.05) is 6.07 Å². The maximum atomic E-state index is 9.03. The van der Waals surface area contributed by atoms with Crippen molar-refractivity contribution >= 4 is 0 Å². The Balaban J connectivity index is 2.45. The predicted octanol–water partition coefficient (Wildman–Crippen LogP) is 2.36. The molecule has 1 heterocycles. The van der Waals surface area contributed by atoms with Gasteiger partial charge in [0.05, 0.1) is 11.8 Å². The van der Waals surface area contributed by atoms with Crippen molar-refractivity contribution in [1.29, 1.82) is 10.5 Å². The lowest BCUT2D eigenvalue weighted by Crippen LogP contribution is -1.95. The number of rotatable bonds is 2.